The van der Waals surface area contributed by atoms with E-state index in [2.05, 4.69) is 5.32 Å². The van der Waals surface area contributed by atoms with Crippen molar-refractivity contribution in [2.45, 2.75) is 59.0 Å². The van der Waals surface area contributed by atoms with E-state index in [0.29, 0.717) is 25.8 Å². The number of rotatable bonds is 16. The number of nitrogens with zero attached hydrogens (tertiary/aromatic N) is 1. The first-order valence-electron chi connectivity index (χ1n) is 12.2. The lowest BCUT2D eigenvalue weighted by atomic mass is 9.98. The van der Waals surface area contributed by atoms with Crippen LogP contribution < -0.4 is 16.8 Å². The van der Waals surface area contributed by atoms with Crippen LogP contribution in [-0.4, -0.2) is 61.6 Å². The van der Waals surface area contributed by atoms with Crippen molar-refractivity contribution in [3.05, 3.63) is 35.9 Å². The molecule has 0 bridgehead atoms. The summed E-state index contributed by atoms with van der Waals surface area (Å²) in [6, 6.07) is 9.42. The predicted octanol–water partition coefficient (Wildman–Crippen LogP) is 2.18. The van der Waals surface area contributed by atoms with Gasteiger partial charge in [0.2, 0.25) is 11.8 Å². The second-order valence-corrected chi connectivity index (χ2v) is 8.85. The predicted molar refractivity (Wildman–Crippen MR) is 138 cm³/mol. The molecular formula is C26H42N4O6. The Balaban J connectivity index is 0.000000802. The van der Waals surface area contributed by atoms with Gasteiger partial charge in [0.25, 0.3) is 0 Å². The number of hydrogen-bond donors (Lipinski definition) is 3. The van der Waals surface area contributed by atoms with Gasteiger partial charge in [-0.05, 0) is 32.0 Å². The summed E-state index contributed by atoms with van der Waals surface area (Å²) in [7, 11) is 3.47. The van der Waals surface area contributed by atoms with Crippen LogP contribution in [0.5, 0.6) is 0 Å². The van der Waals surface area contributed by atoms with E-state index >= 15 is 0 Å². The van der Waals surface area contributed by atoms with Crippen LogP contribution in [0.15, 0.2) is 30.3 Å². The van der Waals surface area contributed by atoms with Gasteiger partial charge in [-0.1, -0.05) is 44.2 Å². The van der Waals surface area contributed by atoms with Crippen LogP contribution in [0.2, 0.25) is 0 Å². The van der Waals surface area contributed by atoms with Crippen molar-refractivity contribution >= 4 is 29.5 Å². The van der Waals surface area contributed by atoms with Crippen molar-refractivity contribution in [3.63, 3.8) is 0 Å². The number of Topliss-reactive ketones (excluding diaryl/α,β-unsaturated/α-hetero) is 2. The number of nitrogens with two attached hydrogens (primary N) is 2. The quantitative estimate of drug-likeness (QED) is 0.289. The molecule has 1 rings (SSSR count). The molecule has 0 spiro atoms. The van der Waals surface area contributed by atoms with E-state index < -0.39 is 17.9 Å². The largest absolute Gasteiger partial charge is 0.445 e. The van der Waals surface area contributed by atoms with Gasteiger partial charge in [0, 0.05) is 51.1 Å². The number of hydrogen-bond acceptors (Lipinski definition) is 7. The van der Waals surface area contributed by atoms with Crippen LogP contribution in [0.3, 0.4) is 0 Å². The number of benzene rings is 1. The third-order valence-corrected chi connectivity index (χ3v) is 5.40. The Morgan fingerprint density at radius 1 is 0.889 bits per heavy atom. The number of ether oxygens (including phenoxy) is 1. The molecular weight excluding hydrogens is 464 g/mol. The van der Waals surface area contributed by atoms with E-state index in [4.69, 9.17) is 16.2 Å². The fraction of sp³-hybridized carbons (Fsp3) is 0.577. The summed E-state index contributed by atoms with van der Waals surface area (Å²) < 4.78 is 5.19. The second-order valence-electron chi connectivity index (χ2n) is 8.85. The molecule has 1 aromatic rings. The molecule has 1 aromatic carbocycles. The lowest BCUT2D eigenvalue weighted by molar-refractivity contribution is -0.127. The number of primary amides is 2. The average Bonchev–Trinajstić information content (AvgIpc) is 2.82. The molecule has 0 saturated carbocycles. The fourth-order valence-electron chi connectivity index (χ4n) is 3.17. The molecule has 0 aromatic heterocycles. The van der Waals surface area contributed by atoms with Crippen molar-refractivity contribution in [3.8, 4) is 0 Å². The zero-order valence-corrected chi connectivity index (χ0v) is 22.0. The van der Waals surface area contributed by atoms with Gasteiger partial charge < -0.3 is 26.4 Å². The normalized spacial score (nSPS) is 11.9. The van der Waals surface area contributed by atoms with Crippen LogP contribution >= 0.6 is 0 Å². The van der Waals surface area contributed by atoms with Gasteiger partial charge in [-0.15, -0.1) is 0 Å². The minimum Gasteiger partial charge on any atom is -0.445 e. The van der Waals surface area contributed by atoms with Gasteiger partial charge in [0.1, 0.15) is 18.2 Å². The molecule has 10 heteroatoms. The molecule has 0 fully saturated rings. The van der Waals surface area contributed by atoms with Crippen LogP contribution in [0.25, 0.3) is 0 Å². The summed E-state index contributed by atoms with van der Waals surface area (Å²) in [6.07, 6.45) is 1.98. The van der Waals surface area contributed by atoms with Crippen molar-refractivity contribution in [1.82, 2.24) is 10.2 Å². The first kappa shape index (κ1) is 32.7. The highest BCUT2D eigenvalue weighted by Crippen LogP contribution is 2.09. The Labute approximate surface area is 214 Å². The lowest BCUT2D eigenvalue weighted by Crippen LogP contribution is -2.29. The summed E-state index contributed by atoms with van der Waals surface area (Å²) in [6.45, 7) is 4.90. The van der Waals surface area contributed by atoms with E-state index in [1.807, 2.05) is 37.4 Å². The zero-order valence-electron chi connectivity index (χ0n) is 22.0. The monoisotopic (exact) mass is 506 g/mol. The summed E-state index contributed by atoms with van der Waals surface area (Å²) in [4.78, 5) is 57.7. The average molecular weight is 507 g/mol. The molecule has 3 amide bonds. The van der Waals surface area contributed by atoms with Gasteiger partial charge in [-0.2, -0.15) is 0 Å². The van der Waals surface area contributed by atoms with E-state index in [-0.39, 0.29) is 42.9 Å². The number of ketones is 2. The van der Waals surface area contributed by atoms with Crippen molar-refractivity contribution in [1.29, 1.82) is 0 Å². The maximum Gasteiger partial charge on any atom is 0.409 e. The topological polar surface area (TPSA) is 162 Å². The Bertz CT molecular complexity index is 831. The molecule has 0 aliphatic heterocycles. The first-order valence-corrected chi connectivity index (χ1v) is 12.2. The minimum absolute atomic E-state index is 0.0187. The number of carbonyl (C=O) groups excluding carboxylic acids is 5. The molecule has 0 aliphatic rings. The highest BCUT2D eigenvalue weighted by Gasteiger charge is 2.17. The smallest absolute Gasteiger partial charge is 0.409 e. The zero-order chi connectivity index (χ0) is 27.5. The molecule has 0 heterocycles. The van der Waals surface area contributed by atoms with Crippen molar-refractivity contribution < 1.29 is 28.7 Å². The summed E-state index contributed by atoms with van der Waals surface area (Å²) in [5.74, 6) is -1.39. The summed E-state index contributed by atoms with van der Waals surface area (Å²) in [5.41, 5.74) is 11.0. The van der Waals surface area contributed by atoms with Crippen molar-refractivity contribution in [2.24, 2.45) is 23.3 Å². The van der Waals surface area contributed by atoms with E-state index in [1.165, 1.54) is 4.90 Å². The molecule has 0 aliphatic carbocycles. The van der Waals surface area contributed by atoms with E-state index in [9.17, 15) is 24.0 Å². The van der Waals surface area contributed by atoms with Crippen molar-refractivity contribution in [2.75, 3.05) is 27.2 Å². The molecule has 36 heavy (non-hydrogen) atoms. The lowest BCUT2D eigenvalue weighted by Gasteiger charge is -2.17. The first-order chi connectivity index (χ1) is 17.0. The van der Waals surface area contributed by atoms with Crippen LogP contribution in [0.1, 0.15) is 57.9 Å². The molecule has 0 saturated heterocycles. The van der Waals surface area contributed by atoms with Crippen LogP contribution in [-0.2, 0) is 30.5 Å². The Morgan fingerprint density at radius 3 is 1.86 bits per heavy atom. The van der Waals surface area contributed by atoms with Gasteiger partial charge in [-0.25, -0.2) is 4.79 Å². The van der Waals surface area contributed by atoms with Gasteiger partial charge in [0.15, 0.2) is 0 Å². The molecule has 5 N–H and O–H groups in total. The van der Waals surface area contributed by atoms with Gasteiger partial charge in [-0.3, -0.25) is 19.2 Å². The second kappa shape index (κ2) is 19.0. The third-order valence-electron chi connectivity index (χ3n) is 5.40. The number of amides is 3. The molecule has 202 valence electrons. The summed E-state index contributed by atoms with van der Waals surface area (Å²) >= 11 is 0. The molecule has 2 atom stereocenters. The Kier molecular flexibility index (Phi) is 17.3. The highest BCUT2D eigenvalue weighted by molar-refractivity contribution is 5.86. The van der Waals surface area contributed by atoms with E-state index in [1.54, 1.807) is 20.9 Å². The standard InChI is InChI=1S/C17H24N2O4.C9H18N2O2/c1-13(11-16(18)21)15(20)9-6-10-19(2)17(22)23-12-14-7-4-3-5-8-14;1-7(6-9(10)13)8(12)4-3-5-11-2/h3-5,7-8,13H,6,9-12H2,1-2H3,(H2,18,21);7,11H,3-6H2,1-2H3,(H2,10,13)/t13-;7-/m11/s1. The Hall–Kier alpha value is -3.27. The third kappa shape index (κ3) is 16.4. The fourth-order valence-corrected chi connectivity index (χ4v) is 3.17. The molecule has 0 unspecified atom stereocenters. The molecule has 10 nitrogen and oxygen atoms in total. The SMILES string of the molecule is CNCCCC(=O)[C@H](C)CC(N)=O.C[C@H](CC(N)=O)C(=O)CCCN(C)C(=O)OCc1ccccc1. The highest BCUT2D eigenvalue weighted by atomic mass is 16.6. The maximum absolute atomic E-state index is 11.8. The molecule has 0 radical (unpaired) electrons. The Morgan fingerprint density at radius 2 is 1.39 bits per heavy atom. The van der Waals surface area contributed by atoms with Gasteiger partial charge in [0.05, 0.1) is 0 Å². The van der Waals surface area contributed by atoms with Gasteiger partial charge >= 0.3 is 6.09 Å². The van der Waals surface area contributed by atoms with Crippen LogP contribution in [0, 0.1) is 11.8 Å². The summed E-state index contributed by atoms with van der Waals surface area (Å²) in [5, 5.41) is 2.96. The van der Waals surface area contributed by atoms with E-state index in [0.717, 1.165) is 18.5 Å². The number of nitrogens with one attached hydrogen (secondary N) is 1. The number of carbonyl (C=O) groups is 5. The minimum atomic E-state index is -0.479. The maximum atomic E-state index is 11.8. The van der Waals surface area contributed by atoms with Crippen LogP contribution in [0.4, 0.5) is 4.79 Å².